The molecule has 1 N–H and O–H groups in total. The van der Waals surface area contributed by atoms with Crippen LogP contribution < -0.4 is 5.32 Å². The number of hydrogen-bond donors (Lipinski definition) is 1. The summed E-state index contributed by atoms with van der Waals surface area (Å²) in [4.78, 5) is 24.3. The molecule has 132 valence electrons. The van der Waals surface area contributed by atoms with Gasteiger partial charge in [-0.15, -0.1) is 0 Å². The highest BCUT2D eigenvalue weighted by molar-refractivity contribution is 7.90. The molecule has 7 heteroatoms. The van der Waals surface area contributed by atoms with Crippen LogP contribution in [0.25, 0.3) is 0 Å². The minimum absolute atomic E-state index is 0.0382. The van der Waals surface area contributed by atoms with Crippen molar-refractivity contribution >= 4 is 21.7 Å². The number of nitrogens with one attached hydrogen (secondary N) is 1. The van der Waals surface area contributed by atoms with Gasteiger partial charge in [0.2, 0.25) is 0 Å². The second-order valence-corrected chi connectivity index (χ2v) is 8.21. The minimum Gasteiger partial charge on any atom is -0.449 e. The van der Waals surface area contributed by atoms with Crippen LogP contribution in [0.3, 0.4) is 0 Å². The molecule has 2 rings (SSSR count). The molecular formula is C17H23NO5S. The fraction of sp³-hybridized carbons (Fsp3) is 0.529. The predicted octanol–water partition coefficient (Wildman–Crippen LogP) is 2.08. The lowest BCUT2D eigenvalue weighted by Gasteiger charge is -2.24. The average Bonchev–Trinajstić information content (AvgIpc) is 2.55. The molecule has 0 aromatic heterocycles. The Bertz CT molecular complexity index is 707. The summed E-state index contributed by atoms with van der Waals surface area (Å²) in [6.45, 7) is 1.51. The van der Waals surface area contributed by atoms with Crippen molar-refractivity contribution in [2.24, 2.45) is 0 Å². The second-order valence-electron chi connectivity index (χ2n) is 6.19. The summed E-state index contributed by atoms with van der Waals surface area (Å²) in [5, 5.41) is 2.90. The number of benzene rings is 1. The molecule has 0 heterocycles. The van der Waals surface area contributed by atoms with E-state index in [1.807, 2.05) is 0 Å². The Morgan fingerprint density at radius 2 is 1.88 bits per heavy atom. The molecule has 1 aromatic rings. The largest absolute Gasteiger partial charge is 0.449 e. The van der Waals surface area contributed by atoms with Crippen LogP contribution in [0.1, 0.15) is 49.4 Å². The van der Waals surface area contributed by atoms with Gasteiger partial charge in [-0.2, -0.15) is 0 Å². The first kappa shape index (κ1) is 18.4. The fourth-order valence-corrected chi connectivity index (χ4v) is 3.37. The number of esters is 1. The first-order valence-electron chi connectivity index (χ1n) is 8.09. The third-order valence-corrected chi connectivity index (χ3v) is 5.21. The van der Waals surface area contributed by atoms with Crippen LogP contribution in [0.2, 0.25) is 0 Å². The predicted molar refractivity (Wildman–Crippen MR) is 89.4 cm³/mol. The quantitative estimate of drug-likeness (QED) is 0.819. The van der Waals surface area contributed by atoms with Crippen molar-refractivity contribution in [3.8, 4) is 0 Å². The van der Waals surface area contributed by atoms with Crippen molar-refractivity contribution in [3.63, 3.8) is 0 Å². The second kappa shape index (κ2) is 7.79. The van der Waals surface area contributed by atoms with E-state index >= 15 is 0 Å². The summed E-state index contributed by atoms with van der Waals surface area (Å²) in [5.41, 5.74) is 0.107. The molecular weight excluding hydrogens is 330 g/mol. The van der Waals surface area contributed by atoms with Gasteiger partial charge in [0.25, 0.3) is 5.91 Å². The van der Waals surface area contributed by atoms with Crippen molar-refractivity contribution in [2.75, 3.05) is 6.26 Å². The molecule has 1 aliphatic carbocycles. The Kier molecular flexibility index (Phi) is 5.99. The lowest BCUT2D eigenvalue weighted by Crippen LogP contribution is -2.42. The molecule has 6 nitrogen and oxygen atoms in total. The van der Waals surface area contributed by atoms with Gasteiger partial charge in [-0.25, -0.2) is 13.2 Å². The van der Waals surface area contributed by atoms with Crippen LogP contribution >= 0.6 is 0 Å². The van der Waals surface area contributed by atoms with Gasteiger partial charge < -0.3 is 10.1 Å². The molecule has 0 aliphatic heterocycles. The first-order valence-corrected chi connectivity index (χ1v) is 9.98. The number of carbonyl (C=O) groups is 2. The molecule has 0 saturated heterocycles. The van der Waals surface area contributed by atoms with Crippen LogP contribution in [0.5, 0.6) is 0 Å². The van der Waals surface area contributed by atoms with Gasteiger partial charge in [0, 0.05) is 12.3 Å². The number of carbonyl (C=O) groups excluding carboxylic acids is 2. The van der Waals surface area contributed by atoms with Crippen LogP contribution in [-0.4, -0.2) is 38.7 Å². The SMILES string of the molecule is C[C@@H](OC(=O)c1cccc(S(C)(=O)=O)c1)C(=O)NC1CCCCC1. The number of rotatable bonds is 5. The molecule has 1 amide bonds. The van der Waals surface area contributed by atoms with Gasteiger partial charge in [0.05, 0.1) is 10.5 Å². The van der Waals surface area contributed by atoms with E-state index in [-0.39, 0.29) is 22.4 Å². The van der Waals surface area contributed by atoms with Crippen molar-refractivity contribution in [2.45, 2.75) is 56.1 Å². The Morgan fingerprint density at radius 1 is 1.21 bits per heavy atom. The van der Waals surface area contributed by atoms with Crippen molar-refractivity contribution in [1.82, 2.24) is 5.32 Å². The van der Waals surface area contributed by atoms with E-state index in [9.17, 15) is 18.0 Å². The molecule has 0 spiro atoms. The van der Waals surface area contributed by atoms with Crippen LogP contribution in [0.4, 0.5) is 0 Å². The normalized spacial score (nSPS) is 17.1. The molecule has 24 heavy (non-hydrogen) atoms. The third-order valence-electron chi connectivity index (χ3n) is 4.10. The summed E-state index contributed by atoms with van der Waals surface area (Å²) in [7, 11) is -3.41. The molecule has 1 aliphatic rings. The monoisotopic (exact) mass is 353 g/mol. The topological polar surface area (TPSA) is 89.5 Å². The highest BCUT2D eigenvalue weighted by Crippen LogP contribution is 2.18. The van der Waals surface area contributed by atoms with Gasteiger partial charge in [0.15, 0.2) is 15.9 Å². The highest BCUT2D eigenvalue weighted by Gasteiger charge is 2.23. The summed E-state index contributed by atoms with van der Waals surface area (Å²) < 4.78 is 28.2. The maximum Gasteiger partial charge on any atom is 0.338 e. The summed E-state index contributed by atoms with van der Waals surface area (Å²) in [6.07, 6.45) is 5.41. The Morgan fingerprint density at radius 3 is 2.50 bits per heavy atom. The maximum absolute atomic E-state index is 12.1. The Labute approximate surface area is 142 Å². The van der Waals surface area contributed by atoms with Crippen molar-refractivity contribution in [3.05, 3.63) is 29.8 Å². The lowest BCUT2D eigenvalue weighted by atomic mass is 9.95. The van der Waals surface area contributed by atoms with Gasteiger partial charge in [-0.05, 0) is 38.0 Å². The van der Waals surface area contributed by atoms with E-state index in [1.165, 1.54) is 37.6 Å². The van der Waals surface area contributed by atoms with Gasteiger partial charge in [0.1, 0.15) is 0 Å². The zero-order valence-corrected chi connectivity index (χ0v) is 14.8. The lowest BCUT2D eigenvalue weighted by molar-refractivity contribution is -0.130. The highest BCUT2D eigenvalue weighted by atomic mass is 32.2. The number of ether oxygens (including phenoxy) is 1. The summed E-state index contributed by atoms with van der Waals surface area (Å²) in [5.74, 6) is -1.04. The summed E-state index contributed by atoms with van der Waals surface area (Å²) >= 11 is 0. The molecule has 0 bridgehead atoms. The van der Waals surface area contributed by atoms with Crippen LogP contribution in [0, 0.1) is 0 Å². The molecule has 1 atom stereocenters. The van der Waals surface area contributed by atoms with Crippen molar-refractivity contribution < 1.29 is 22.7 Å². The smallest absolute Gasteiger partial charge is 0.338 e. The number of amides is 1. The standard InChI is InChI=1S/C17H23NO5S/c1-12(16(19)18-14-8-4-3-5-9-14)23-17(20)13-7-6-10-15(11-13)24(2,21)22/h6-7,10-12,14H,3-5,8-9H2,1-2H3,(H,18,19)/t12-/m1/s1. The summed E-state index contributed by atoms with van der Waals surface area (Å²) in [6, 6.07) is 5.73. The van der Waals surface area contributed by atoms with Crippen LogP contribution in [0.15, 0.2) is 29.2 Å². The molecule has 0 unspecified atom stereocenters. The van der Waals surface area contributed by atoms with E-state index in [0.29, 0.717) is 0 Å². The first-order chi connectivity index (χ1) is 11.3. The minimum atomic E-state index is -3.41. The van der Waals surface area contributed by atoms with E-state index in [0.717, 1.165) is 31.9 Å². The van der Waals surface area contributed by atoms with E-state index in [4.69, 9.17) is 4.74 Å². The van der Waals surface area contributed by atoms with Gasteiger partial charge in [-0.3, -0.25) is 4.79 Å². The molecule has 0 radical (unpaired) electrons. The number of hydrogen-bond acceptors (Lipinski definition) is 5. The molecule has 1 fully saturated rings. The van der Waals surface area contributed by atoms with Crippen molar-refractivity contribution in [1.29, 1.82) is 0 Å². The zero-order chi connectivity index (χ0) is 17.7. The zero-order valence-electron chi connectivity index (χ0n) is 13.9. The molecule has 1 aromatic carbocycles. The van der Waals surface area contributed by atoms with E-state index in [1.54, 1.807) is 0 Å². The maximum atomic E-state index is 12.1. The third kappa shape index (κ3) is 5.06. The van der Waals surface area contributed by atoms with E-state index < -0.39 is 21.9 Å². The van der Waals surface area contributed by atoms with E-state index in [2.05, 4.69) is 5.32 Å². The average molecular weight is 353 g/mol. The van der Waals surface area contributed by atoms with Crippen LogP contribution in [-0.2, 0) is 19.4 Å². The number of sulfone groups is 1. The fourth-order valence-electron chi connectivity index (χ4n) is 2.70. The van der Waals surface area contributed by atoms with Gasteiger partial charge >= 0.3 is 5.97 Å². The Hall–Kier alpha value is -1.89. The Balaban J connectivity index is 1.97. The molecule has 1 saturated carbocycles. The van der Waals surface area contributed by atoms with Gasteiger partial charge in [-0.1, -0.05) is 25.3 Å².